The number of hydrogen-bond acceptors (Lipinski definition) is 3. The Labute approximate surface area is 119 Å². The maximum atomic E-state index is 13.4. The number of imidazole rings is 1. The molecule has 1 aromatic heterocycles. The maximum absolute atomic E-state index is 13.4. The summed E-state index contributed by atoms with van der Waals surface area (Å²) in [6, 6.07) is 4.01. The Balaban J connectivity index is 1.94. The molecule has 100 valence electrons. The summed E-state index contributed by atoms with van der Waals surface area (Å²) in [6.07, 6.45) is 3.44. The molecule has 0 fully saturated rings. The van der Waals surface area contributed by atoms with E-state index in [4.69, 9.17) is 11.6 Å². The first-order valence-corrected chi connectivity index (χ1v) is 6.77. The summed E-state index contributed by atoms with van der Waals surface area (Å²) in [4.78, 5) is 15.8. The number of benzene rings is 1. The van der Waals surface area contributed by atoms with Crippen LogP contribution in [0.3, 0.4) is 0 Å². The molecule has 2 rings (SSSR count). The van der Waals surface area contributed by atoms with E-state index in [0.29, 0.717) is 5.02 Å². The molecular weight excluding hydrogens is 289 g/mol. The first-order valence-electron chi connectivity index (χ1n) is 5.41. The van der Waals surface area contributed by atoms with Gasteiger partial charge in [0.1, 0.15) is 5.82 Å². The van der Waals surface area contributed by atoms with Crippen LogP contribution in [0.5, 0.6) is 0 Å². The van der Waals surface area contributed by atoms with E-state index in [-0.39, 0.29) is 17.3 Å². The SMILES string of the molecule is Cn1ccnc1SCC(=O)Nc1cc(Cl)ccc1F. The first-order chi connectivity index (χ1) is 9.06. The van der Waals surface area contributed by atoms with Gasteiger partial charge in [-0.1, -0.05) is 23.4 Å². The van der Waals surface area contributed by atoms with Crippen LogP contribution in [0, 0.1) is 5.82 Å². The molecule has 1 N–H and O–H groups in total. The van der Waals surface area contributed by atoms with E-state index in [1.54, 1.807) is 17.0 Å². The molecule has 0 saturated carbocycles. The molecule has 0 bridgehead atoms. The molecule has 7 heteroatoms. The van der Waals surface area contributed by atoms with Crippen LogP contribution < -0.4 is 5.32 Å². The van der Waals surface area contributed by atoms with Crippen molar-refractivity contribution in [3.05, 3.63) is 41.4 Å². The van der Waals surface area contributed by atoms with Gasteiger partial charge >= 0.3 is 0 Å². The highest BCUT2D eigenvalue weighted by atomic mass is 35.5. The molecule has 2 aromatic rings. The van der Waals surface area contributed by atoms with Gasteiger partial charge in [0.2, 0.25) is 5.91 Å². The summed E-state index contributed by atoms with van der Waals surface area (Å²) in [5.41, 5.74) is 0.0814. The summed E-state index contributed by atoms with van der Waals surface area (Å²) in [5.74, 6) is -0.675. The minimum Gasteiger partial charge on any atom is -0.329 e. The van der Waals surface area contributed by atoms with Gasteiger partial charge in [0, 0.05) is 24.5 Å². The van der Waals surface area contributed by atoms with Crippen LogP contribution in [-0.4, -0.2) is 21.2 Å². The molecule has 1 amide bonds. The number of halogens is 2. The molecule has 1 heterocycles. The molecule has 1 aromatic carbocycles. The average Bonchev–Trinajstić information content (AvgIpc) is 2.77. The van der Waals surface area contributed by atoms with Crippen molar-refractivity contribution < 1.29 is 9.18 Å². The molecule has 4 nitrogen and oxygen atoms in total. The Kier molecular flexibility index (Phi) is 4.44. The van der Waals surface area contributed by atoms with Gasteiger partial charge < -0.3 is 9.88 Å². The number of hydrogen-bond donors (Lipinski definition) is 1. The lowest BCUT2D eigenvalue weighted by Gasteiger charge is -2.06. The van der Waals surface area contributed by atoms with Gasteiger partial charge in [-0.2, -0.15) is 0 Å². The van der Waals surface area contributed by atoms with Gasteiger partial charge in [-0.15, -0.1) is 0 Å². The molecule has 0 radical (unpaired) electrons. The van der Waals surface area contributed by atoms with Crippen molar-refractivity contribution in [1.29, 1.82) is 0 Å². The van der Waals surface area contributed by atoms with E-state index >= 15 is 0 Å². The second-order valence-electron chi connectivity index (χ2n) is 3.78. The predicted octanol–water partition coefficient (Wildman–Crippen LogP) is 2.94. The molecule has 0 aliphatic rings. The standard InChI is InChI=1S/C12H11ClFN3OS/c1-17-5-4-15-12(17)19-7-11(18)16-10-6-8(13)2-3-9(10)14/h2-6H,7H2,1H3,(H,16,18). The third-order valence-corrected chi connectivity index (χ3v) is 3.61. The van der Waals surface area contributed by atoms with Crippen molar-refractivity contribution in [2.24, 2.45) is 7.05 Å². The number of aryl methyl sites for hydroxylation is 1. The number of nitrogens with one attached hydrogen (secondary N) is 1. The van der Waals surface area contributed by atoms with Crippen molar-refractivity contribution >= 4 is 35.0 Å². The highest BCUT2D eigenvalue weighted by molar-refractivity contribution is 7.99. The molecular formula is C12H11ClFN3OS. The fourth-order valence-corrected chi connectivity index (χ4v) is 2.31. The number of thioether (sulfide) groups is 1. The van der Waals surface area contributed by atoms with Gasteiger partial charge in [-0.05, 0) is 18.2 Å². The van der Waals surface area contributed by atoms with Crippen LogP contribution in [-0.2, 0) is 11.8 Å². The lowest BCUT2D eigenvalue weighted by atomic mass is 10.3. The Bertz CT molecular complexity index is 602. The van der Waals surface area contributed by atoms with Crippen molar-refractivity contribution in [1.82, 2.24) is 9.55 Å². The molecule has 0 atom stereocenters. The van der Waals surface area contributed by atoms with Gasteiger partial charge in [0.05, 0.1) is 11.4 Å². The monoisotopic (exact) mass is 299 g/mol. The highest BCUT2D eigenvalue weighted by Crippen LogP contribution is 2.20. The van der Waals surface area contributed by atoms with Crippen LogP contribution in [0.2, 0.25) is 5.02 Å². The van der Waals surface area contributed by atoms with Crippen molar-refractivity contribution in [3.63, 3.8) is 0 Å². The number of carbonyl (C=O) groups is 1. The van der Waals surface area contributed by atoms with E-state index in [2.05, 4.69) is 10.3 Å². The summed E-state index contributed by atoms with van der Waals surface area (Å²) >= 11 is 7.02. The zero-order chi connectivity index (χ0) is 13.8. The molecule has 0 aliphatic carbocycles. The number of aromatic nitrogens is 2. The molecule has 0 unspecified atom stereocenters. The van der Waals surface area contributed by atoms with Crippen molar-refractivity contribution in [3.8, 4) is 0 Å². The summed E-state index contributed by atoms with van der Waals surface area (Å²) < 4.78 is 15.2. The van der Waals surface area contributed by atoms with E-state index in [1.807, 2.05) is 7.05 Å². The molecule has 0 aliphatic heterocycles. The van der Waals surface area contributed by atoms with Gasteiger partial charge in [-0.3, -0.25) is 4.79 Å². The van der Waals surface area contributed by atoms with Gasteiger partial charge in [0.25, 0.3) is 0 Å². The van der Waals surface area contributed by atoms with E-state index < -0.39 is 5.82 Å². The van der Waals surface area contributed by atoms with Crippen LogP contribution in [0.25, 0.3) is 0 Å². The van der Waals surface area contributed by atoms with Crippen LogP contribution in [0.4, 0.5) is 10.1 Å². The zero-order valence-electron chi connectivity index (χ0n) is 10.1. The van der Waals surface area contributed by atoms with Crippen LogP contribution >= 0.6 is 23.4 Å². The minimum atomic E-state index is -0.514. The van der Waals surface area contributed by atoms with Gasteiger partial charge in [-0.25, -0.2) is 9.37 Å². The minimum absolute atomic E-state index is 0.0814. The summed E-state index contributed by atoms with van der Waals surface area (Å²) in [6.45, 7) is 0. The number of carbonyl (C=O) groups excluding carboxylic acids is 1. The molecule has 0 spiro atoms. The zero-order valence-corrected chi connectivity index (χ0v) is 11.6. The van der Waals surface area contributed by atoms with Crippen LogP contribution in [0.1, 0.15) is 0 Å². The Morgan fingerprint density at radius 1 is 1.58 bits per heavy atom. The van der Waals surface area contributed by atoms with E-state index in [1.165, 1.54) is 30.0 Å². The van der Waals surface area contributed by atoms with Crippen LogP contribution in [0.15, 0.2) is 35.7 Å². The summed E-state index contributed by atoms with van der Waals surface area (Å²) in [5, 5.41) is 3.57. The third kappa shape index (κ3) is 3.71. The normalized spacial score (nSPS) is 10.5. The predicted molar refractivity (Wildman–Crippen MR) is 74.0 cm³/mol. The molecule has 19 heavy (non-hydrogen) atoms. The number of amides is 1. The number of nitrogens with zero attached hydrogens (tertiary/aromatic N) is 2. The molecule has 0 saturated heterocycles. The fraction of sp³-hybridized carbons (Fsp3) is 0.167. The third-order valence-electron chi connectivity index (χ3n) is 2.31. The lowest BCUT2D eigenvalue weighted by Crippen LogP contribution is -2.15. The second kappa shape index (κ2) is 6.08. The first kappa shape index (κ1) is 13.9. The maximum Gasteiger partial charge on any atom is 0.234 e. The Hall–Kier alpha value is -1.53. The van der Waals surface area contributed by atoms with Crippen molar-refractivity contribution in [2.75, 3.05) is 11.1 Å². The van der Waals surface area contributed by atoms with Crippen molar-refractivity contribution in [2.45, 2.75) is 5.16 Å². The second-order valence-corrected chi connectivity index (χ2v) is 5.16. The Morgan fingerprint density at radius 2 is 2.37 bits per heavy atom. The average molecular weight is 300 g/mol. The largest absolute Gasteiger partial charge is 0.329 e. The topological polar surface area (TPSA) is 46.9 Å². The van der Waals surface area contributed by atoms with E-state index in [0.717, 1.165) is 5.16 Å². The Morgan fingerprint density at radius 3 is 3.05 bits per heavy atom. The highest BCUT2D eigenvalue weighted by Gasteiger charge is 2.09. The smallest absolute Gasteiger partial charge is 0.234 e. The fourth-order valence-electron chi connectivity index (χ4n) is 1.40. The number of anilines is 1. The lowest BCUT2D eigenvalue weighted by molar-refractivity contribution is -0.113. The quantitative estimate of drug-likeness (QED) is 0.883. The number of rotatable bonds is 4. The van der Waals surface area contributed by atoms with E-state index in [9.17, 15) is 9.18 Å². The van der Waals surface area contributed by atoms with Gasteiger partial charge in [0.15, 0.2) is 5.16 Å². The summed E-state index contributed by atoms with van der Waals surface area (Å²) in [7, 11) is 1.84.